The molecule has 2 heterocycles. The fraction of sp³-hybridized carbons (Fsp3) is 0.211. The molecule has 0 bridgehead atoms. The molecule has 0 radical (unpaired) electrons. The molecule has 25 heavy (non-hydrogen) atoms. The van der Waals surface area contributed by atoms with Gasteiger partial charge in [0.25, 0.3) is 5.91 Å². The molecule has 0 spiro atoms. The molecule has 6 heteroatoms. The molecule has 0 saturated heterocycles. The Hall–Kier alpha value is -2.73. The molecule has 0 unspecified atom stereocenters. The first-order valence-corrected chi connectivity index (χ1v) is 8.77. The van der Waals surface area contributed by atoms with Crippen LogP contribution in [0.3, 0.4) is 0 Å². The Morgan fingerprint density at radius 2 is 2.04 bits per heavy atom. The van der Waals surface area contributed by atoms with E-state index in [1.807, 2.05) is 37.3 Å². The van der Waals surface area contributed by atoms with Gasteiger partial charge in [0.2, 0.25) is 0 Å². The van der Waals surface area contributed by atoms with Crippen LogP contribution >= 0.6 is 11.3 Å². The number of benzene rings is 2. The zero-order valence-corrected chi connectivity index (χ0v) is 14.6. The SMILES string of the molecule is Cc1cccc2sc(NC(=O)[C@@]3(C)Cc4ccccc4C(=O)O3)nc12. The lowest BCUT2D eigenvalue weighted by Crippen LogP contribution is -2.48. The molecular formula is C19H16N2O3S. The van der Waals surface area contributed by atoms with Crippen LogP contribution in [0.5, 0.6) is 0 Å². The Morgan fingerprint density at radius 3 is 2.84 bits per heavy atom. The van der Waals surface area contributed by atoms with Crippen LogP contribution in [0.2, 0.25) is 0 Å². The molecule has 4 rings (SSSR count). The smallest absolute Gasteiger partial charge is 0.339 e. The highest BCUT2D eigenvalue weighted by Gasteiger charge is 2.42. The zero-order valence-electron chi connectivity index (χ0n) is 13.8. The van der Waals surface area contributed by atoms with Crippen molar-refractivity contribution in [2.45, 2.75) is 25.9 Å². The molecule has 1 aliphatic heterocycles. The average Bonchev–Trinajstić information content (AvgIpc) is 2.99. The molecule has 0 saturated carbocycles. The predicted octanol–water partition coefficient (Wildman–Crippen LogP) is 3.72. The van der Waals surface area contributed by atoms with Crippen LogP contribution in [0.4, 0.5) is 5.13 Å². The summed E-state index contributed by atoms with van der Waals surface area (Å²) in [7, 11) is 0. The van der Waals surface area contributed by atoms with Crippen molar-refractivity contribution in [2.75, 3.05) is 5.32 Å². The molecule has 0 aliphatic carbocycles. The number of esters is 1. The molecule has 2 aromatic carbocycles. The van der Waals surface area contributed by atoms with Gasteiger partial charge < -0.3 is 4.74 Å². The number of amides is 1. The third-order valence-electron chi connectivity index (χ3n) is 4.40. The molecule has 1 amide bonds. The molecule has 3 aromatic rings. The topological polar surface area (TPSA) is 68.3 Å². The molecule has 1 atom stereocenters. The van der Waals surface area contributed by atoms with Gasteiger partial charge in [-0.15, -0.1) is 0 Å². The number of carbonyl (C=O) groups excluding carboxylic acids is 2. The number of aromatic nitrogens is 1. The maximum absolute atomic E-state index is 12.8. The van der Waals surface area contributed by atoms with Gasteiger partial charge in [-0.25, -0.2) is 9.78 Å². The van der Waals surface area contributed by atoms with E-state index in [1.165, 1.54) is 11.3 Å². The number of anilines is 1. The number of ether oxygens (including phenoxy) is 1. The Morgan fingerprint density at radius 1 is 1.24 bits per heavy atom. The minimum absolute atomic E-state index is 0.338. The fourth-order valence-corrected chi connectivity index (χ4v) is 3.97. The van der Waals surface area contributed by atoms with E-state index < -0.39 is 11.6 Å². The maximum atomic E-state index is 12.8. The van der Waals surface area contributed by atoms with Crippen molar-refractivity contribution in [1.82, 2.24) is 4.98 Å². The second-order valence-electron chi connectivity index (χ2n) is 6.35. The summed E-state index contributed by atoms with van der Waals surface area (Å²) in [6.45, 7) is 3.61. The first-order chi connectivity index (χ1) is 12.0. The highest BCUT2D eigenvalue weighted by Crippen LogP contribution is 2.32. The lowest BCUT2D eigenvalue weighted by molar-refractivity contribution is -0.134. The molecule has 1 N–H and O–H groups in total. The lowest BCUT2D eigenvalue weighted by Gasteiger charge is -2.32. The van der Waals surface area contributed by atoms with Crippen LogP contribution in [0.1, 0.15) is 28.4 Å². The monoisotopic (exact) mass is 352 g/mol. The van der Waals surface area contributed by atoms with Crippen LogP contribution in [0.25, 0.3) is 10.2 Å². The average molecular weight is 352 g/mol. The lowest BCUT2D eigenvalue weighted by atomic mass is 9.89. The molecule has 1 aliphatic rings. The van der Waals surface area contributed by atoms with E-state index in [1.54, 1.807) is 19.1 Å². The summed E-state index contributed by atoms with van der Waals surface area (Å²) in [5.74, 6) is -0.841. The van der Waals surface area contributed by atoms with E-state index in [4.69, 9.17) is 4.74 Å². The number of nitrogens with zero attached hydrogens (tertiary/aromatic N) is 1. The van der Waals surface area contributed by atoms with Gasteiger partial charge in [-0.3, -0.25) is 10.1 Å². The molecule has 1 aromatic heterocycles. The van der Waals surface area contributed by atoms with Crippen LogP contribution in [0.15, 0.2) is 42.5 Å². The molecule has 126 valence electrons. The van der Waals surface area contributed by atoms with E-state index >= 15 is 0 Å². The Balaban J connectivity index is 1.62. The van der Waals surface area contributed by atoms with Gasteiger partial charge >= 0.3 is 5.97 Å². The van der Waals surface area contributed by atoms with Crippen molar-refractivity contribution in [3.8, 4) is 0 Å². The molecular weight excluding hydrogens is 336 g/mol. The first-order valence-electron chi connectivity index (χ1n) is 7.95. The third kappa shape index (κ3) is 2.68. The van der Waals surface area contributed by atoms with Crippen molar-refractivity contribution < 1.29 is 14.3 Å². The quantitative estimate of drug-likeness (QED) is 0.714. The number of aryl methyl sites for hydroxylation is 1. The number of para-hydroxylation sites is 1. The van der Waals surface area contributed by atoms with Crippen LogP contribution in [0, 0.1) is 6.92 Å². The van der Waals surface area contributed by atoms with E-state index in [0.29, 0.717) is 17.1 Å². The van der Waals surface area contributed by atoms with Crippen LogP contribution in [-0.2, 0) is 16.0 Å². The number of thiazole rings is 1. The highest BCUT2D eigenvalue weighted by atomic mass is 32.1. The van der Waals surface area contributed by atoms with Gasteiger partial charge in [0, 0.05) is 6.42 Å². The van der Waals surface area contributed by atoms with Crippen molar-refractivity contribution in [3.05, 3.63) is 59.2 Å². The fourth-order valence-electron chi connectivity index (χ4n) is 3.03. The number of nitrogens with one attached hydrogen (secondary N) is 1. The summed E-state index contributed by atoms with van der Waals surface area (Å²) in [5, 5.41) is 3.32. The van der Waals surface area contributed by atoms with Gasteiger partial charge in [-0.05, 0) is 37.1 Å². The second-order valence-corrected chi connectivity index (χ2v) is 7.38. The number of hydrogen-bond acceptors (Lipinski definition) is 5. The van der Waals surface area contributed by atoms with E-state index in [0.717, 1.165) is 21.3 Å². The number of hydrogen-bond donors (Lipinski definition) is 1. The van der Waals surface area contributed by atoms with Gasteiger partial charge in [0.15, 0.2) is 10.7 Å². The molecule has 5 nitrogen and oxygen atoms in total. The van der Waals surface area contributed by atoms with Gasteiger partial charge in [-0.2, -0.15) is 0 Å². The van der Waals surface area contributed by atoms with E-state index in [9.17, 15) is 9.59 Å². The summed E-state index contributed by atoms with van der Waals surface area (Å²) in [5.41, 5.74) is 2.01. The normalized spacial score (nSPS) is 19.4. The third-order valence-corrected chi connectivity index (χ3v) is 5.34. The number of cyclic esters (lactones) is 1. The summed E-state index contributed by atoms with van der Waals surface area (Å²) in [6, 6.07) is 13.1. The zero-order chi connectivity index (χ0) is 17.6. The van der Waals surface area contributed by atoms with Gasteiger partial charge in [-0.1, -0.05) is 41.7 Å². The van der Waals surface area contributed by atoms with Crippen LogP contribution < -0.4 is 5.32 Å². The number of fused-ring (bicyclic) bond motifs is 2. The Kier molecular flexibility index (Phi) is 3.58. The van der Waals surface area contributed by atoms with Crippen molar-refractivity contribution in [3.63, 3.8) is 0 Å². The minimum atomic E-state index is -1.25. The van der Waals surface area contributed by atoms with E-state index in [2.05, 4.69) is 10.3 Å². The maximum Gasteiger partial charge on any atom is 0.339 e. The van der Waals surface area contributed by atoms with E-state index in [-0.39, 0.29) is 5.91 Å². The second kappa shape index (κ2) is 5.67. The van der Waals surface area contributed by atoms with Crippen LogP contribution in [-0.4, -0.2) is 22.5 Å². The summed E-state index contributed by atoms with van der Waals surface area (Å²) >= 11 is 1.41. The number of rotatable bonds is 2. The standard InChI is InChI=1S/C19H16N2O3S/c1-11-6-5-9-14-15(11)20-18(25-14)21-17(23)19(2)10-12-7-3-4-8-13(12)16(22)24-19/h3-9H,10H2,1-2H3,(H,20,21,23)/t19-/m1/s1. The minimum Gasteiger partial charge on any atom is -0.445 e. The largest absolute Gasteiger partial charge is 0.445 e. The Bertz CT molecular complexity index is 1010. The summed E-state index contributed by atoms with van der Waals surface area (Å²) < 4.78 is 6.46. The van der Waals surface area contributed by atoms with Crippen molar-refractivity contribution in [2.24, 2.45) is 0 Å². The first kappa shape index (κ1) is 15.8. The van der Waals surface area contributed by atoms with Crippen molar-refractivity contribution >= 4 is 38.6 Å². The predicted molar refractivity (Wildman–Crippen MR) is 97.0 cm³/mol. The number of carbonyl (C=O) groups is 2. The van der Waals surface area contributed by atoms with Gasteiger partial charge in [0.1, 0.15) is 0 Å². The highest BCUT2D eigenvalue weighted by molar-refractivity contribution is 7.22. The van der Waals surface area contributed by atoms with Gasteiger partial charge in [0.05, 0.1) is 15.8 Å². The summed E-state index contributed by atoms with van der Waals surface area (Å²) in [4.78, 5) is 29.5. The summed E-state index contributed by atoms with van der Waals surface area (Å²) in [6.07, 6.45) is 0.338. The van der Waals surface area contributed by atoms with Crippen molar-refractivity contribution in [1.29, 1.82) is 0 Å². The Labute approximate surface area is 148 Å². The molecule has 0 fully saturated rings.